The minimum Gasteiger partial charge on any atom is -0.491 e. The maximum atomic E-state index is 13.7. The Kier molecular flexibility index (Phi) is 8.19. The van der Waals surface area contributed by atoms with Crippen LogP contribution in [-0.4, -0.2) is 46.2 Å². The van der Waals surface area contributed by atoms with Gasteiger partial charge in [-0.2, -0.15) is 0 Å². The molecule has 0 amide bonds. The number of thioether (sulfide) groups is 1. The van der Waals surface area contributed by atoms with E-state index in [0.29, 0.717) is 37.4 Å². The van der Waals surface area contributed by atoms with E-state index in [1.165, 1.54) is 23.9 Å². The zero-order valence-corrected chi connectivity index (χ0v) is 22.7. The van der Waals surface area contributed by atoms with Gasteiger partial charge in [-0.3, -0.25) is 4.79 Å². The summed E-state index contributed by atoms with van der Waals surface area (Å²) in [7, 11) is -3.61. The molecule has 0 bridgehead atoms. The molecule has 0 N–H and O–H groups in total. The number of nitrogens with zero attached hydrogens (tertiary/aromatic N) is 1. The van der Waals surface area contributed by atoms with Crippen LogP contribution in [0.1, 0.15) is 46.0 Å². The maximum Gasteiger partial charge on any atom is 0.315 e. The highest BCUT2D eigenvalue weighted by Crippen LogP contribution is 2.48. The van der Waals surface area contributed by atoms with Gasteiger partial charge in [-0.05, 0) is 68.7 Å². The number of rotatable bonds is 10. The molecule has 1 aliphatic carbocycles. The fourth-order valence-electron chi connectivity index (χ4n) is 4.66. The first-order valence-corrected chi connectivity index (χ1v) is 15.4. The highest BCUT2D eigenvalue weighted by molar-refractivity contribution is 7.98. The number of ether oxygens (including phenoxy) is 2. The molecule has 1 saturated carbocycles. The van der Waals surface area contributed by atoms with Gasteiger partial charge < -0.3 is 14.4 Å². The second-order valence-corrected chi connectivity index (χ2v) is 12.5. The molecule has 2 aliphatic rings. The van der Waals surface area contributed by atoms with Gasteiger partial charge in [0.15, 0.2) is 9.84 Å². The standard InChI is InChI=1S/C27H34FNO5S2/c1-4-6-7-19-16-29(21-10-8-20(28)9-11-21)22-14-24(35-3)23(15-25(22)36(31,32)17-19)34-18-27(12-13-27)26(30)33-5-2/h8-11,14-15,19H,4-7,12-13,16-18H2,1-3H3. The van der Waals surface area contributed by atoms with Gasteiger partial charge in [-0.25, -0.2) is 12.8 Å². The highest BCUT2D eigenvalue weighted by Gasteiger charge is 2.52. The van der Waals surface area contributed by atoms with E-state index in [1.807, 2.05) is 17.2 Å². The summed E-state index contributed by atoms with van der Waals surface area (Å²) in [5.41, 5.74) is 0.669. The van der Waals surface area contributed by atoms with Crippen LogP contribution in [0.15, 0.2) is 46.2 Å². The van der Waals surface area contributed by atoms with Crippen molar-refractivity contribution >= 4 is 38.9 Å². The zero-order valence-electron chi connectivity index (χ0n) is 21.1. The van der Waals surface area contributed by atoms with Crippen molar-refractivity contribution in [2.45, 2.75) is 55.7 Å². The van der Waals surface area contributed by atoms with Crippen LogP contribution in [0.2, 0.25) is 0 Å². The van der Waals surface area contributed by atoms with Crippen LogP contribution in [0.25, 0.3) is 0 Å². The average molecular weight is 536 g/mol. The fraction of sp³-hybridized carbons (Fsp3) is 0.519. The predicted octanol–water partition coefficient (Wildman–Crippen LogP) is 6.00. The summed E-state index contributed by atoms with van der Waals surface area (Å²) in [5.74, 6) is -0.172. The fourth-order valence-corrected chi connectivity index (χ4v) is 7.06. The van der Waals surface area contributed by atoms with E-state index in [4.69, 9.17) is 9.47 Å². The number of hydrogen-bond acceptors (Lipinski definition) is 7. The lowest BCUT2D eigenvalue weighted by Crippen LogP contribution is -2.26. The minimum absolute atomic E-state index is 0.0442. The van der Waals surface area contributed by atoms with Crippen LogP contribution in [0, 0.1) is 17.2 Å². The second kappa shape index (κ2) is 11.0. The van der Waals surface area contributed by atoms with Crippen LogP contribution in [-0.2, 0) is 19.4 Å². The molecule has 6 nitrogen and oxygen atoms in total. The normalized spacial score (nSPS) is 19.8. The van der Waals surface area contributed by atoms with E-state index < -0.39 is 15.3 Å². The number of carbonyl (C=O) groups is 1. The number of halogens is 1. The smallest absolute Gasteiger partial charge is 0.315 e. The Labute approximate surface area is 217 Å². The number of benzene rings is 2. The molecule has 2 aromatic rings. The molecule has 0 aromatic heterocycles. The molecule has 1 aliphatic heterocycles. The molecule has 196 valence electrons. The van der Waals surface area contributed by atoms with E-state index in [9.17, 15) is 17.6 Å². The van der Waals surface area contributed by atoms with Crippen LogP contribution < -0.4 is 9.64 Å². The van der Waals surface area contributed by atoms with Crippen molar-refractivity contribution < 1.29 is 27.1 Å². The van der Waals surface area contributed by atoms with Gasteiger partial charge in [-0.1, -0.05) is 19.8 Å². The van der Waals surface area contributed by atoms with Gasteiger partial charge >= 0.3 is 5.97 Å². The first kappa shape index (κ1) is 26.8. The summed E-state index contributed by atoms with van der Waals surface area (Å²) in [6, 6.07) is 9.62. The maximum absolute atomic E-state index is 13.7. The molecule has 1 fully saturated rings. The van der Waals surface area contributed by atoms with E-state index in [-0.39, 0.29) is 35.0 Å². The molecule has 9 heteroatoms. The largest absolute Gasteiger partial charge is 0.491 e. The number of anilines is 2. The van der Waals surface area contributed by atoms with Crippen molar-refractivity contribution in [1.82, 2.24) is 0 Å². The van der Waals surface area contributed by atoms with Crippen molar-refractivity contribution in [3.63, 3.8) is 0 Å². The van der Waals surface area contributed by atoms with E-state index in [0.717, 1.165) is 29.8 Å². The summed E-state index contributed by atoms with van der Waals surface area (Å²) in [6.45, 7) is 4.86. The van der Waals surface area contributed by atoms with Crippen molar-refractivity contribution in [3.8, 4) is 5.75 Å². The van der Waals surface area contributed by atoms with Crippen LogP contribution in [0.4, 0.5) is 15.8 Å². The number of esters is 1. The molecular formula is C27H34FNO5S2. The quantitative estimate of drug-likeness (QED) is 0.273. The monoisotopic (exact) mass is 535 g/mol. The molecule has 0 radical (unpaired) electrons. The molecule has 1 atom stereocenters. The number of hydrogen-bond donors (Lipinski definition) is 0. The van der Waals surface area contributed by atoms with Gasteiger partial charge in [0.25, 0.3) is 0 Å². The Morgan fingerprint density at radius 3 is 2.53 bits per heavy atom. The zero-order chi connectivity index (χ0) is 25.9. The highest BCUT2D eigenvalue weighted by atomic mass is 32.2. The number of unbranched alkanes of at least 4 members (excludes halogenated alkanes) is 1. The summed E-state index contributed by atoms with van der Waals surface area (Å²) in [4.78, 5) is 15.4. The third-order valence-electron chi connectivity index (χ3n) is 6.94. The van der Waals surface area contributed by atoms with Crippen LogP contribution >= 0.6 is 11.8 Å². The van der Waals surface area contributed by atoms with Gasteiger partial charge in [0.1, 0.15) is 23.6 Å². The Bertz CT molecular complexity index is 1200. The van der Waals surface area contributed by atoms with Crippen molar-refractivity contribution in [3.05, 3.63) is 42.2 Å². The Morgan fingerprint density at radius 2 is 1.92 bits per heavy atom. The van der Waals surface area contributed by atoms with Crippen molar-refractivity contribution in [2.24, 2.45) is 11.3 Å². The van der Waals surface area contributed by atoms with E-state index >= 15 is 0 Å². The summed E-state index contributed by atoms with van der Waals surface area (Å²) >= 11 is 1.46. The van der Waals surface area contributed by atoms with E-state index in [1.54, 1.807) is 25.1 Å². The van der Waals surface area contributed by atoms with Crippen molar-refractivity contribution in [2.75, 3.05) is 36.7 Å². The van der Waals surface area contributed by atoms with Gasteiger partial charge in [0, 0.05) is 18.3 Å². The third-order valence-corrected chi connectivity index (χ3v) is 9.60. The van der Waals surface area contributed by atoms with Gasteiger partial charge in [0.05, 0.1) is 27.8 Å². The van der Waals surface area contributed by atoms with Crippen LogP contribution in [0.5, 0.6) is 5.75 Å². The Hall–Kier alpha value is -2.26. The lowest BCUT2D eigenvalue weighted by atomic mass is 10.0. The predicted molar refractivity (Wildman–Crippen MR) is 140 cm³/mol. The summed E-state index contributed by atoms with van der Waals surface area (Å²) in [5, 5.41) is 0. The number of carbonyl (C=O) groups excluding carboxylic acids is 1. The first-order valence-electron chi connectivity index (χ1n) is 12.5. The topological polar surface area (TPSA) is 72.9 Å². The molecule has 36 heavy (non-hydrogen) atoms. The summed E-state index contributed by atoms with van der Waals surface area (Å²) < 4.78 is 52.3. The van der Waals surface area contributed by atoms with Crippen molar-refractivity contribution in [1.29, 1.82) is 0 Å². The van der Waals surface area contributed by atoms with Gasteiger partial charge in [0.2, 0.25) is 0 Å². The first-order chi connectivity index (χ1) is 17.2. The Morgan fingerprint density at radius 1 is 1.19 bits per heavy atom. The molecular weight excluding hydrogens is 501 g/mol. The Balaban J connectivity index is 1.74. The molecule has 2 aromatic carbocycles. The SMILES string of the molecule is CCCCC1CN(c2ccc(F)cc2)c2cc(SC)c(OCC3(C(=O)OCC)CC3)cc2S(=O)(=O)C1. The molecule has 1 unspecified atom stereocenters. The van der Waals surface area contributed by atoms with Crippen LogP contribution in [0.3, 0.4) is 0 Å². The molecule has 1 heterocycles. The average Bonchev–Trinajstić information content (AvgIpc) is 3.66. The lowest BCUT2D eigenvalue weighted by molar-refractivity contribution is -0.150. The molecule has 0 saturated heterocycles. The molecule has 4 rings (SSSR count). The summed E-state index contributed by atoms with van der Waals surface area (Å²) in [6.07, 6.45) is 6.01. The van der Waals surface area contributed by atoms with E-state index in [2.05, 4.69) is 6.92 Å². The third kappa shape index (κ3) is 5.67. The number of sulfone groups is 1. The lowest BCUT2D eigenvalue weighted by Gasteiger charge is -2.28. The van der Waals surface area contributed by atoms with Gasteiger partial charge in [-0.15, -0.1) is 11.8 Å². The minimum atomic E-state index is -3.61. The second-order valence-electron chi connectivity index (χ2n) is 9.64. The number of fused-ring (bicyclic) bond motifs is 1. The molecule has 0 spiro atoms.